The molecule has 0 aliphatic heterocycles. The largest absolute Gasteiger partial charge is 0.480 e. The van der Waals surface area contributed by atoms with E-state index in [0.29, 0.717) is 13.2 Å². The van der Waals surface area contributed by atoms with Crippen LogP contribution in [0, 0.1) is 0 Å². The molecule has 23 heavy (non-hydrogen) atoms. The van der Waals surface area contributed by atoms with Crippen LogP contribution in [0.1, 0.15) is 38.8 Å². The molecule has 1 aromatic carbocycles. The minimum atomic E-state index is -1.10. The average Bonchev–Trinajstić information content (AvgIpc) is 2.43. The minimum Gasteiger partial charge on any atom is -0.480 e. The fourth-order valence-corrected chi connectivity index (χ4v) is 1.88. The Balaban J connectivity index is 2.65. The number of rotatable bonds is 7. The Morgan fingerprint density at radius 2 is 1.74 bits per heavy atom. The highest BCUT2D eigenvalue weighted by Crippen LogP contribution is 2.10. The van der Waals surface area contributed by atoms with E-state index in [9.17, 15) is 14.7 Å². The van der Waals surface area contributed by atoms with E-state index in [2.05, 4.69) is 5.32 Å². The molecule has 0 saturated carbocycles. The first-order valence-electron chi connectivity index (χ1n) is 7.59. The van der Waals surface area contributed by atoms with Crippen molar-refractivity contribution in [2.24, 2.45) is 0 Å². The van der Waals surface area contributed by atoms with Crippen LogP contribution in [-0.2, 0) is 27.3 Å². The number of nitrogens with one attached hydrogen (secondary N) is 1. The van der Waals surface area contributed by atoms with Gasteiger partial charge in [0.1, 0.15) is 11.6 Å². The summed E-state index contributed by atoms with van der Waals surface area (Å²) in [5, 5.41) is 11.6. The highest BCUT2D eigenvalue weighted by Gasteiger charge is 2.24. The monoisotopic (exact) mass is 323 g/mol. The van der Waals surface area contributed by atoms with E-state index in [1.165, 1.54) is 0 Å². The van der Waals surface area contributed by atoms with Gasteiger partial charge in [0, 0.05) is 13.0 Å². The van der Waals surface area contributed by atoms with Gasteiger partial charge in [0.05, 0.1) is 6.61 Å². The van der Waals surface area contributed by atoms with Gasteiger partial charge in [-0.15, -0.1) is 0 Å². The quantitative estimate of drug-likeness (QED) is 0.806. The maximum Gasteiger partial charge on any atom is 0.408 e. The summed E-state index contributed by atoms with van der Waals surface area (Å²) in [6.45, 7) is 8.25. The van der Waals surface area contributed by atoms with E-state index < -0.39 is 23.7 Å². The van der Waals surface area contributed by atoms with Crippen LogP contribution in [0.25, 0.3) is 0 Å². The van der Waals surface area contributed by atoms with Gasteiger partial charge in [0.15, 0.2) is 0 Å². The van der Waals surface area contributed by atoms with Crippen molar-refractivity contribution in [2.75, 3.05) is 6.61 Å². The molecular formula is C17H25NO5. The Kier molecular flexibility index (Phi) is 7.03. The molecule has 1 amide bonds. The Hall–Kier alpha value is -2.08. The molecule has 0 spiro atoms. The molecule has 128 valence electrons. The number of carbonyl (C=O) groups is 2. The topological polar surface area (TPSA) is 84.9 Å². The van der Waals surface area contributed by atoms with Crippen LogP contribution in [0.4, 0.5) is 4.79 Å². The molecule has 0 aromatic heterocycles. The Bertz CT molecular complexity index is 519. The fourth-order valence-electron chi connectivity index (χ4n) is 1.88. The van der Waals surface area contributed by atoms with E-state index in [1.54, 1.807) is 20.8 Å². The fraction of sp³-hybridized carbons (Fsp3) is 0.529. The van der Waals surface area contributed by atoms with Crippen molar-refractivity contribution in [1.29, 1.82) is 0 Å². The van der Waals surface area contributed by atoms with Gasteiger partial charge in [-0.3, -0.25) is 0 Å². The molecule has 0 bridgehead atoms. The molecule has 0 aliphatic carbocycles. The number of carboxylic acids is 1. The molecule has 6 nitrogen and oxygen atoms in total. The first-order chi connectivity index (χ1) is 10.7. The van der Waals surface area contributed by atoms with Crippen LogP contribution in [0.2, 0.25) is 0 Å². The van der Waals surface area contributed by atoms with Gasteiger partial charge in [-0.2, -0.15) is 0 Å². The summed E-state index contributed by atoms with van der Waals surface area (Å²) in [4.78, 5) is 23.0. The third-order valence-electron chi connectivity index (χ3n) is 2.92. The second kappa shape index (κ2) is 8.53. The molecule has 0 saturated heterocycles. The third kappa shape index (κ3) is 7.65. The summed E-state index contributed by atoms with van der Waals surface area (Å²) in [6.07, 6.45) is -0.554. The van der Waals surface area contributed by atoms with Crippen molar-refractivity contribution in [1.82, 2.24) is 5.32 Å². The molecule has 0 radical (unpaired) electrons. The number of alkyl carbamates (subject to hydrolysis) is 1. The molecule has 0 heterocycles. The molecule has 0 unspecified atom stereocenters. The average molecular weight is 323 g/mol. The summed E-state index contributed by atoms with van der Waals surface area (Å²) >= 11 is 0. The number of carboxylic acid groups (broad SMARTS) is 1. The van der Waals surface area contributed by atoms with Gasteiger partial charge >= 0.3 is 12.1 Å². The molecule has 1 atom stereocenters. The van der Waals surface area contributed by atoms with Crippen LogP contribution in [0.3, 0.4) is 0 Å². The molecule has 0 fully saturated rings. The van der Waals surface area contributed by atoms with Gasteiger partial charge < -0.3 is 19.9 Å². The molecule has 0 aliphatic rings. The maximum absolute atomic E-state index is 11.7. The van der Waals surface area contributed by atoms with Crippen LogP contribution in [-0.4, -0.2) is 35.4 Å². The maximum atomic E-state index is 11.7. The zero-order chi connectivity index (χ0) is 17.5. The van der Waals surface area contributed by atoms with Gasteiger partial charge in [-0.1, -0.05) is 24.3 Å². The van der Waals surface area contributed by atoms with E-state index >= 15 is 0 Å². The number of hydrogen-bond acceptors (Lipinski definition) is 4. The smallest absolute Gasteiger partial charge is 0.408 e. The van der Waals surface area contributed by atoms with Crippen LogP contribution >= 0.6 is 0 Å². The lowest BCUT2D eigenvalue weighted by atomic mass is 10.0. The number of ether oxygens (including phenoxy) is 2. The van der Waals surface area contributed by atoms with Gasteiger partial charge in [-0.05, 0) is 38.8 Å². The van der Waals surface area contributed by atoms with Crippen molar-refractivity contribution >= 4 is 12.1 Å². The Morgan fingerprint density at radius 1 is 1.17 bits per heavy atom. The molecule has 1 rings (SSSR count). The van der Waals surface area contributed by atoms with Crippen molar-refractivity contribution < 1.29 is 24.2 Å². The van der Waals surface area contributed by atoms with E-state index in [0.717, 1.165) is 11.1 Å². The Morgan fingerprint density at radius 3 is 2.22 bits per heavy atom. The summed E-state index contributed by atoms with van der Waals surface area (Å²) in [7, 11) is 0. The lowest BCUT2D eigenvalue weighted by Crippen LogP contribution is -2.44. The number of amides is 1. The third-order valence-corrected chi connectivity index (χ3v) is 2.92. The summed E-state index contributed by atoms with van der Waals surface area (Å²) in [5.74, 6) is -1.10. The first kappa shape index (κ1) is 19.0. The summed E-state index contributed by atoms with van der Waals surface area (Å²) in [5.41, 5.74) is 1.16. The van der Waals surface area contributed by atoms with Gasteiger partial charge in [0.2, 0.25) is 0 Å². The lowest BCUT2D eigenvalue weighted by Gasteiger charge is -2.22. The van der Waals surface area contributed by atoms with Gasteiger partial charge in [0.25, 0.3) is 0 Å². The molecular weight excluding hydrogens is 298 g/mol. The molecule has 1 aromatic rings. The van der Waals surface area contributed by atoms with Crippen molar-refractivity contribution in [3.05, 3.63) is 35.4 Å². The number of aliphatic carboxylic acids is 1. The van der Waals surface area contributed by atoms with E-state index in [-0.39, 0.29) is 6.42 Å². The molecule has 6 heteroatoms. The lowest BCUT2D eigenvalue weighted by molar-refractivity contribution is -0.139. The highest BCUT2D eigenvalue weighted by molar-refractivity contribution is 5.80. The van der Waals surface area contributed by atoms with Crippen molar-refractivity contribution in [2.45, 2.75) is 52.4 Å². The van der Waals surface area contributed by atoms with Gasteiger partial charge in [-0.25, -0.2) is 9.59 Å². The second-order valence-electron chi connectivity index (χ2n) is 6.19. The normalized spacial score (nSPS) is 12.5. The van der Waals surface area contributed by atoms with Crippen LogP contribution < -0.4 is 5.32 Å². The van der Waals surface area contributed by atoms with E-state index in [4.69, 9.17) is 9.47 Å². The predicted octanol–water partition coefficient (Wildman–Crippen LogP) is 2.74. The van der Waals surface area contributed by atoms with Crippen molar-refractivity contribution in [3.63, 3.8) is 0 Å². The number of benzene rings is 1. The van der Waals surface area contributed by atoms with Crippen LogP contribution in [0.5, 0.6) is 0 Å². The predicted molar refractivity (Wildman–Crippen MR) is 86.3 cm³/mol. The zero-order valence-electron chi connectivity index (χ0n) is 14.1. The highest BCUT2D eigenvalue weighted by atomic mass is 16.6. The second-order valence-corrected chi connectivity index (χ2v) is 6.19. The summed E-state index contributed by atoms with van der Waals surface area (Å²) in [6, 6.07) is 6.40. The minimum absolute atomic E-state index is 0.184. The summed E-state index contributed by atoms with van der Waals surface area (Å²) < 4.78 is 10.4. The standard InChI is InChI=1S/C17H25NO5/c1-5-22-11-13-8-6-12(7-9-13)10-14(15(19)20)18-16(21)23-17(2,3)4/h6-9,14H,5,10-11H2,1-4H3,(H,18,21)(H,19,20)/t14-/m0/s1. The van der Waals surface area contributed by atoms with Crippen molar-refractivity contribution in [3.8, 4) is 0 Å². The molecule has 2 N–H and O–H groups in total. The SMILES string of the molecule is CCOCc1ccc(C[C@H](NC(=O)OC(C)(C)C)C(=O)O)cc1. The first-order valence-corrected chi connectivity index (χ1v) is 7.59. The zero-order valence-corrected chi connectivity index (χ0v) is 14.1. The van der Waals surface area contributed by atoms with Crippen LogP contribution in [0.15, 0.2) is 24.3 Å². The number of carbonyl (C=O) groups excluding carboxylic acids is 1. The number of hydrogen-bond donors (Lipinski definition) is 2. The van der Waals surface area contributed by atoms with E-state index in [1.807, 2.05) is 31.2 Å². The Labute approximate surface area is 136 Å².